The van der Waals surface area contributed by atoms with Crippen LogP contribution in [0.1, 0.15) is 25.0 Å². The normalized spacial score (nSPS) is 11.9. The molecule has 0 saturated heterocycles. The fourth-order valence-electron chi connectivity index (χ4n) is 1.47. The number of rotatable bonds is 7. The van der Waals surface area contributed by atoms with Gasteiger partial charge in [-0.25, -0.2) is 13.1 Å². The van der Waals surface area contributed by atoms with Gasteiger partial charge < -0.3 is 4.84 Å². The average Bonchev–Trinajstić information content (AvgIpc) is 2.46. The Morgan fingerprint density at radius 1 is 1.41 bits per heavy atom. The van der Waals surface area contributed by atoms with Gasteiger partial charge in [-0.15, -0.1) is 0 Å². The molecular weight excluding hydrogens is 421 g/mol. The van der Waals surface area contributed by atoms with E-state index in [4.69, 9.17) is 10.2 Å². The van der Waals surface area contributed by atoms with Crippen molar-refractivity contribution in [1.82, 2.24) is 4.72 Å². The van der Waals surface area contributed by atoms with Gasteiger partial charge in [-0.3, -0.25) is 10.2 Å². The highest BCUT2D eigenvalue weighted by atomic mass is 127. The molecule has 0 aliphatic heterocycles. The molecule has 7 nitrogen and oxygen atoms in total. The smallest absolute Gasteiger partial charge is 0.283 e. The van der Waals surface area contributed by atoms with Gasteiger partial charge in [0, 0.05) is 11.1 Å². The van der Waals surface area contributed by atoms with Crippen LogP contribution in [0.4, 0.5) is 0 Å². The van der Waals surface area contributed by atoms with Crippen LogP contribution in [-0.2, 0) is 26.3 Å². The van der Waals surface area contributed by atoms with Crippen LogP contribution in [0.3, 0.4) is 0 Å². The molecule has 0 bridgehead atoms. The minimum absolute atomic E-state index is 0.0761. The van der Waals surface area contributed by atoms with Crippen LogP contribution < -0.4 is 4.72 Å². The third kappa shape index (κ3) is 5.72. The molecule has 1 rings (SSSR count). The molecule has 1 aromatic carbocycles. The summed E-state index contributed by atoms with van der Waals surface area (Å²) in [6.45, 7) is 3.25. The monoisotopic (exact) mass is 437 g/mol. The maximum atomic E-state index is 11.9. The molecule has 0 radical (unpaired) electrons. The molecule has 2 N–H and O–H groups in total. The highest BCUT2D eigenvalue weighted by molar-refractivity contribution is 14.1. The Morgan fingerprint density at radius 2 is 2.05 bits per heavy atom. The van der Waals surface area contributed by atoms with Gasteiger partial charge in [-0.05, 0) is 36.4 Å². The van der Waals surface area contributed by atoms with Gasteiger partial charge in [0.05, 0.1) is 5.75 Å². The first-order valence-electron chi connectivity index (χ1n) is 6.30. The van der Waals surface area contributed by atoms with Gasteiger partial charge in [0.1, 0.15) is 16.0 Å². The van der Waals surface area contributed by atoms with Crippen molar-refractivity contribution in [3.05, 3.63) is 35.4 Å². The molecule has 0 atom stereocenters. The summed E-state index contributed by atoms with van der Waals surface area (Å²) < 4.78 is 25.4. The second-order valence-electron chi connectivity index (χ2n) is 4.23. The highest BCUT2D eigenvalue weighted by Crippen LogP contribution is 2.12. The Hall–Kier alpha value is -1.49. The number of oxime groups is 1. The summed E-state index contributed by atoms with van der Waals surface area (Å²) in [4.78, 5) is 17.0. The standard InChI is InChI=1S/C13H16IN3O4S/c1-3-22(19,20)17-13(18)12(15)11-7-5-4-6-10(11)8-21-16-9(2)14/h4-7,15H,3,8H2,1-2H3,(H,17,18)/b15-12?,16-9+. The summed E-state index contributed by atoms with van der Waals surface area (Å²) in [5, 5.41) is 11.7. The third-order valence-electron chi connectivity index (χ3n) is 2.55. The summed E-state index contributed by atoms with van der Waals surface area (Å²) >= 11 is 1.99. The van der Waals surface area contributed by atoms with Crippen LogP contribution >= 0.6 is 22.6 Å². The van der Waals surface area contributed by atoms with Crippen LogP contribution in [0, 0.1) is 5.41 Å². The number of nitrogens with one attached hydrogen (secondary N) is 2. The fourth-order valence-corrected chi connectivity index (χ4v) is 2.14. The molecule has 9 heteroatoms. The fraction of sp³-hybridized carbons (Fsp3) is 0.308. The van der Waals surface area contributed by atoms with E-state index >= 15 is 0 Å². The average molecular weight is 437 g/mol. The van der Waals surface area contributed by atoms with Crippen molar-refractivity contribution in [3.8, 4) is 0 Å². The van der Waals surface area contributed by atoms with E-state index in [1.165, 1.54) is 6.92 Å². The Kier molecular flexibility index (Phi) is 6.94. The lowest BCUT2D eigenvalue weighted by Gasteiger charge is -2.10. The largest absolute Gasteiger partial charge is 0.390 e. The van der Waals surface area contributed by atoms with Crippen LogP contribution in [0.2, 0.25) is 0 Å². The van der Waals surface area contributed by atoms with Gasteiger partial charge in [0.2, 0.25) is 10.0 Å². The summed E-state index contributed by atoms with van der Waals surface area (Å²) in [5.41, 5.74) is 0.428. The minimum atomic E-state index is -3.71. The molecule has 22 heavy (non-hydrogen) atoms. The van der Waals surface area contributed by atoms with Gasteiger partial charge in [0.25, 0.3) is 5.91 Å². The number of halogens is 1. The molecule has 0 heterocycles. The Morgan fingerprint density at radius 3 is 2.64 bits per heavy atom. The summed E-state index contributed by atoms with van der Waals surface area (Å²) in [6.07, 6.45) is 0. The number of carbonyl (C=O) groups excluding carboxylic acids is 1. The van der Waals surface area contributed by atoms with E-state index < -0.39 is 21.6 Å². The first kappa shape index (κ1) is 18.6. The number of sulfonamides is 1. The molecule has 0 spiro atoms. The molecular formula is C13H16IN3O4S. The number of carbonyl (C=O) groups is 1. The van der Waals surface area contributed by atoms with Crippen molar-refractivity contribution in [2.24, 2.45) is 5.16 Å². The third-order valence-corrected chi connectivity index (χ3v) is 4.01. The van der Waals surface area contributed by atoms with E-state index in [1.807, 2.05) is 27.3 Å². The number of hydrogen-bond acceptors (Lipinski definition) is 6. The zero-order chi connectivity index (χ0) is 16.8. The maximum absolute atomic E-state index is 11.9. The van der Waals surface area contributed by atoms with E-state index in [1.54, 1.807) is 31.2 Å². The Bertz CT molecular complexity index is 697. The number of nitrogens with zero attached hydrogens (tertiary/aromatic N) is 1. The van der Waals surface area contributed by atoms with Crippen LogP contribution in [0.5, 0.6) is 0 Å². The van der Waals surface area contributed by atoms with Crippen LogP contribution in [0.25, 0.3) is 0 Å². The molecule has 0 aliphatic rings. The van der Waals surface area contributed by atoms with Gasteiger partial charge in [-0.2, -0.15) is 0 Å². The van der Waals surface area contributed by atoms with E-state index in [-0.39, 0.29) is 12.4 Å². The summed E-state index contributed by atoms with van der Waals surface area (Å²) in [7, 11) is -3.71. The van der Waals surface area contributed by atoms with Gasteiger partial charge in [0.15, 0.2) is 0 Å². The molecule has 0 unspecified atom stereocenters. The van der Waals surface area contributed by atoms with Crippen LogP contribution in [0.15, 0.2) is 29.4 Å². The lowest BCUT2D eigenvalue weighted by Crippen LogP contribution is -2.37. The Labute approximate surface area is 142 Å². The van der Waals surface area contributed by atoms with Crippen molar-refractivity contribution in [2.45, 2.75) is 20.5 Å². The van der Waals surface area contributed by atoms with Crippen molar-refractivity contribution < 1.29 is 18.0 Å². The Balaban J connectivity index is 2.94. The topological polar surface area (TPSA) is 109 Å². The zero-order valence-corrected chi connectivity index (χ0v) is 15.1. The van der Waals surface area contributed by atoms with Gasteiger partial charge >= 0.3 is 0 Å². The number of benzene rings is 1. The van der Waals surface area contributed by atoms with E-state index in [2.05, 4.69) is 5.16 Å². The van der Waals surface area contributed by atoms with Crippen molar-refractivity contribution in [2.75, 3.05) is 5.75 Å². The minimum Gasteiger partial charge on any atom is -0.390 e. The quantitative estimate of drug-likeness (QED) is 0.385. The molecule has 1 aromatic rings. The van der Waals surface area contributed by atoms with Crippen LogP contribution in [-0.4, -0.2) is 29.5 Å². The maximum Gasteiger partial charge on any atom is 0.283 e. The van der Waals surface area contributed by atoms with E-state index in [9.17, 15) is 13.2 Å². The molecule has 0 aliphatic carbocycles. The second-order valence-corrected chi connectivity index (χ2v) is 7.80. The highest BCUT2D eigenvalue weighted by Gasteiger charge is 2.20. The molecule has 0 fully saturated rings. The number of hydrogen-bond donors (Lipinski definition) is 2. The number of amides is 1. The summed E-state index contributed by atoms with van der Waals surface area (Å²) in [5.74, 6) is -1.21. The van der Waals surface area contributed by atoms with Gasteiger partial charge in [-0.1, -0.05) is 29.4 Å². The first-order chi connectivity index (χ1) is 10.3. The molecule has 120 valence electrons. The zero-order valence-electron chi connectivity index (χ0n) is 12.1. The molecule has 1 amide bonds. The molecule has 0 aromatic heterocycles. The van der Waals surface area contributed by atoms with Crippen molar-refractivity contribution >= 4 is 48.0 Å². The predicted molar refractivity (Wildman–Crippen MR) is 92.8 cm³/mol. The lowest BCUT2D eigenvalue weighted by molar-refractivity contribution is -0.113. The van der Waals surface area contributed by atoms with Crippen molar-refractivity contribution in [1.29, 1.82) is 5.41 Å². The van der Waals surface area contributed by atoms with E-state index in [0.29, 0.717) is 14.8 Å². The second kappa shape index (κ2) is 8.22. The van der Waals surface area contributed by atoms with E-state index in [0.717, 1.165) is 0 Å². The SMILES string of the molecule is CCS(=O)(=O)NC(=O)C(=N)c1ccccc1CO/N=C(\C)I. The summed E-state index contributed by atoms with van der Waals surface area (Å²) in [6, 6.07) is 6.63. The lowest BCUT2D eigenvalue weighted by atomic mass is 10.0. The molecule has 0 saturated carbocycles. The van der Waals surface area contributed by atoms with Crippen molar-refractivity contribution in [3.63, 3.8) is 0 Å². The first-order valence-corrected chi connectivity index (χ1v) is 9.03. The predicted octanol–water partition coefficient (Wildman–Crippen LogP) is 1.81.